The molecule has 2 heterocycles. The molecule has 1 saturated heterocycles. The quantitative estimate of drug-likeness (QED) is 0.736. The molecule has 3 atom stereocenters. The highest BCUT2D eigenvalue weighted by Crippen LogP contribution is 2.40. The van der Waals surface area contributed by atoms with Crippen molar-refractivity contribution in [1.29, 1.82) is 0 Å². The van der Waals surface area contributed by atoms with Gasteiger partial charge in [0.25, 0.3) is 5.56 Å². The lowest BCUT2D eigenvalue weighted by Crippen LogP contribution is -2.32. The maximum Gasteiger partial charge on any atom is 0.329 e. The molecule has 19 heavy (non-hydrogen) atoms. The molecule has 0 amide bonds. The lowest BCUT2D eigenvalue weighted by atomic mass is 10.2. The molecular weight excluding hydrogens is 292 g/mol. The predicted octanol–water partition coefficient (Wildman–Crippen LogP) is 0.103. The molecule has 0 radical (unpaired) electrons. The van der Waals surface area contributed by atoms with Crippen molar-refractivity contribution in [2.24, 2.45) is 0 Å². The molecular formula is C11H13ClN2O4S. The average Bonchev–Trinajstić information content (AvgIpc) is 2.74. The fourth-order valence-electron chi connectivity index (χ4n) is 1.95. The Kier molecular flexibility index (Phi) is 4.51. The van der Waals surface area contributed by atoms with Gasteiger partial charge in [0.05, 0.1) is 28.9 Å². The number of H-pyrrole nitrogens is 1. The van der Waals surface area contributed by atoms with E-state index in [1.54, 1.807) is 0 Å². The standard InChI is InChI=1S/C11H13ClN2O4S/c12-2-1-6-4-14(11(18)13-10(6)17)9-3-7(16)8(5-15)19-9/h1-2,4,7-9,15-16H,3,5H2,(H,13,17,18)/b2-1+/t7?,8?,9-/m1/s1. The van der Waals surface area contributed by atoms with E-state index in [2.05, 4.69) is 4.98 Å². The van der Waals surface area contributed by atoms with Crippen molar-refractivity contribution in [3.8, 4) is 0 Å². The van der Waals surface area contributed by atoms with E-state index in [-0.39, 0.29) is 22.8 Å². The molecule has 0 aliphatic carbocycles. The van der Waals surface area contributed by atoms with Crippen molar-refractivity contribution in [1.82, 2.24) is 9.55 Å². The largest absolute Gasteiger partial charge is 0.395 e. The minimum absolute atomic E-state index is 0.158. The normalized spacial score (nSPS) is 27.2. The lowest BCUT2D eigenvalue weighted by molar-refractivity contribution is 0.137. The zero-order chi connectivity index (χ0) is 14.0. The number of thioether (sulfide) groups is 1. The second-order valence-electron chi connectivity index (χ2n) is 4.16. The third-order valence-electron chi connectivity index (χ3n) is 2.93. The van der Waals surface area contributed by atoms with Gasteiger partial charge in [0.2, 0.25) is 0 Å². The Hall–Kier alpha value is -1.02. The smallest absolute Gasteiger partial charge is 0.329 e. The summed E-state index contributed by atoms with van der Waals surface area (Å²) in [5, 5.41) is 18.2. The summed E-state index contributed by atoms with van der Waals surface area (Å²) in [6.07, 6.45) is 2.46. The molecule has 0 saturated carbocycles. The number of aromatic amines is 1. The third-order valence-corrected chi connectivity index (χ3v) is 4.60. The fraction of sp³-hybridized carbons (Fsp3) is 0.455. The van der Waals surface area contributed by atoms with Crippen LogP contribution in [0, 0.1) is 0 Å². The van der Waals surface area contributed by atoms with Crippen LogP contribution in [0.2, 0.25) is 0 Å². The summed E-state index contributed by atoms with van der Waals surface area (Å²) in [5.74, 6) is 0. The molecule has 2 rings (SSSR count). The van der Waals surface area contributed by atoms with Crippen LogP contribution in [0.15, 0.2) is 21.3 Å². The number of hydrogen-bond donors (Lipinski definition) is 3. The molecule has 8 heteroatoms. The van der Waals surface area contributed by atoms with E-state index in [0.717, 1.165) is 0 Å². The number of halogens is 1. The van der Waals surface area contributed by atoms with Crippen LogP contribution < -0.4 is 11.2 Å². The summed E-state index contributed by atoms with van der Waals surface area (Å²) in [4.78, 5) is 25.5. The fourth-order valence-corrected chi connectivity index (χ4v) is 3.47. The Morgan fingerprint density at radius 1 is 1.58 bits per heavy atom. The first-order chi connectivity index (χ1) is 9.06. The minimum Gasteiger partial charge on any atom is -0.395 e. The Balaban J connectivity index is 2.38. The van der Waals surface area contributed by atoms with E-state index in [1.165, 1.54) is 34.1 Å². The summed E-state index contributed by atoms with van der Waals surface area (Å²) in [5.41, 5.74) is 0.393. The number of aromatic nitrogens is 2. The van der Waals surface area contributed by atoms with Crippen molar-refractivity contribution in [3.05, 3.63) is 38.1 Å². The second-order valence-corrected chi connectivity index (χ2v) is 5.83. The highest BCUT2D eigenvalue weighted by molar-refractivity contribution is 8.00. The number of aliphatic hydroxyl groups is 2. The molecule has 2 unspecified atom stereocenters. The number of hydrogen-bond acceptors (Lipinski definition) is 5. The van der Waals surface area contributed by atoms with Gasteiger partial charge in [-0.1, -0.05) is 11.6 Å². The molecule has 0 bridgehead atoms. The van der Waals surface area contributed by atoms with Crippen molar-refractivity contribution in [2.45, 2.75) is 23.1 Å². The predicted molar refractivity (Wildman–Crippen MR) is 74.3 cm³/mol. The van der Waals surface area contributed by atoms with Gasteiger partial charge in [-0.3, -0.25) is 14.3 Å². The Morgan fingerprint density at radius 2 is 2.32 bits per heavy atom. The summed E-state index contributed by atoms with van der Waals surface area (Å²) in [6, 6.07) is 0. The summed E-state index contributed by atoms with van der Waals surface area (Å²) in [6.45, 7) is -0.158. The minimum atomic E-state index is -0.675. The molecule has 6 nitrogen and oxygen atoms in total. The van der Waals surface area contributed by atoms with Crippen LogP contribution in [0.3, 0.4) is 0 Å². The highest BCUT2D eigenvalue weighted by atomic mass is 35.5. The summed E-state index contributed by atoms with van der Waals surface area (Å²) in [7, 11) is 0. The number of aliphatic hydroxyl groups excluding tert-OH is 2. The van der Waals surface area contributed by atoms with Crippen molar-refractivity contribution >= 4 is 29.4 Å². The molecule has 104 valence electrons. The highest BCUT2D eigenvalue weighted by Gasteiger charge is 2.34. The number of nitrogens with one attached hydrogen (secondary N) is 1. The summed E-state index contributed by atoms with van der Waals surface area (Å²) < 4.78 is 1.34. The molecule has 1 aliphatic rings. The lowest BCUT2D eigenvalue weighted by Gasteiger charge is -2.13. The zero-order valence-electron chi connectivity index (χ0n) is 9.82. The van der Waals surface area contributed by atoms with Gasteiger partial charge in [-0.05, 0) is 6.08 Å². The van der Waals surface area contributed by atoms with Gasteiger partial charge in [0.1, 0.15) is 0 Å². The summed E-state index contributed by atoms with van der Waals surface area (Å²) >= 11 is 6.73. The molecule has 1 fully saturated rings. The van der Waals surface area contributed by atoms with Crippen LogP contribution in [0.1, 0.15) is 17.4 Å². The zero-order valence-corrected chi connectivity index (χ0v) is 11.4. The first-order valence-electron chi connectivity index (χ1n) is 5.63. The van der Waals surface area contributed by atoms with Gasteiger partial charge in [-0.25, -0.2) is 4.79 Å². The van der Waals surface area contributed by atoms with Gasteiger partial charge in [0, 0.05) is 18.2 Å². The van der Waals surface area contributed by atoms with Crippen LogP contribution in [0.5, 0.6) is 0 Å². The van der Waals surface area contributed by atoms with E-state index >= 15 is 0 Å². The maximum atomic E-state index is 11.8. The van der Waals surface area contributed by atoms with Gasteiger partial charge in [-0.2, -0.15) is 0 Å². The number of rotatable bonds is 3. The number of nitrogens with zero attached hydrogens (tertiary/aromatic N) is 1. The van der Waals surface area contributed by atoms with Crippen molar-refractivity contribution in [3.63, 3.8) is 0 Å². The van der Waals surface area contributed by atoms with Crippen molar-refractivity contribution in [2.75, 3.05) is 6.61 Å². The van der Waals surface area contributed by atoms with Gasteiger partial charge >= 0.3 is 5.69 Å². The van der Waals surface area contributed by atoms with Gasteiger partial charge in [-0.15, -0.1) is 11.8 Å². The Bertz CT molecular complexity index is 597. The van der Waals surface area contributed by atoms with E-state index in [4.69, 9.17) is 16.7 Å². The molecule has 1 aromatic rings. The first kappa shape index (κ1) is 14.4. The Morgan fingerprint density at radius 3 is 2.89 bits per heavy atom. The van der Waals surface area contributed by atoms with Crippen LogP contribution in [0.25, 0.3) is 6.08 Å². The van der Waals surface area contributed by atoms with Crippen molar-refractivity contribution < 1.29 is 10.2 Å². The topological polar surface area (TPSA) is 95.3 Å². The molecule has 0 aromatic carbocycles. The Labute approximate surface area is 117 Å². The maximum absolute atomic E-state index is 11.8. The van der Waals surface area contributed by atoms with Crippen LogP contribution in [-0.2, 0) is 0 Å². The SMILES string of the molecule is O=c1[nH]c(=O)n([C@H]2CC(O)C(CO)S2)cc1/C=C/Cl. The van der Waals surface area contributed by atoms with Gasteiger partial charge < -0.3 is 10.2 Å². The molecule has 0 spiro atoms. The molecule has 3 N–H and O–H groups in total. The van der Waals surface area contributed by atoms with E-state index < -0.39 is 17.4 Å². The van der Waals surface area contributed by atoms with Crippen LogP contribution >= 0.6 is 23.4 Å². The van der Waals surface area contributed by atoms with E-state index in [0.29, 0.717) is 6.42 Å². The van der Waals surface area contributed by atoms with Crippen LogP contribution in [0.4, 0.5) is 0 Å². The average molecular weight is 305 g/mol. The van der Waals surface area contributed by atoms with Crippen LogP contribution in [-0.4, -0.2) is 37.7 Å². The van der Waals surface area contributed by atoms with E-state index in [9.17, 15) is 14.7 Å². The van der Waals surface area contributed by atoms with Gasteiger partial charge in [0.15, 0.2) is 0 Å². The molecule has 1 aromatic heterocycles. The first-order valence-corrected chi connectivity index (χ1v) is 7.01. The second kappa shape index (κ2) is 5.96. The monoisotopic (exact) mass is 304 g/mol. The third kappa shape index (κ3) is 2.94. The molecule has 1 aliphatic heterocycles. The van der Waals surface area contributed by atoms with E-state index in [1.807, 2.05) is 0 Å².